The maximum Gasteiger partial charge on any atom is 0.227 e. The molecular weight excluding hydrogens is 226 g/mol. The molecule has 0 spiro atoms. The molecular formula is C12H10ClNO2. The minimum Gasteiger partial charge on any atom is -0.507 e. The van der Waals surface area contributed by atoms with Gasteiger partial charge in [0.2, 0.25) is 5.90 Å². The number of benzene rings is 1. The van der Waals surface area contributed by atoms with Crippen molar-refractivity contribution in [2.45, 2.75) is 18.9 Å². The van der Waals surface area contributed by atoms with Crippen LogP contribution in [0.3, 0.4) is 0 Å². The molecule has 0 bridgehead atoms. The summed E-state index contributed by atoms with van der Waals surface area (Å²) in [5.74, 6) is 1.42. The summed E-state index contributed by atoms with van der Waals surface area (Å²) in [7, 11) is 0. The summed E-state index contributed by atoms with van der Waals surface area (Å²) in [6, 6.07) is 5.10. The molecule has 0 saturated carbocycles. The van der Waals surface area contributed by atoms with Gasteiger partial charge in [-0.1, -0.05) is 17.7 Å². The van der Waals surface area contributed by atoms with Crippen LogP contribution in [0.4, 0.5) is 0 Å². The summed E-state index contributed by atoms with van der Waals surface area (Å²) in [6.07, 6.45) is 4.02. The Labute approximate surface area is 98.0 Å². The molecule has 1 unspecified atom stereocenters. The standard InChI is InChI=1S/C12H10ClNO2/c13-7-3-1-5-9(15)11(7)12-14-8-4-2-6-10(8)16-12/h1,3,5-6,8,15H,2,4H2. The number of hydrogen-bond donors (Lipinski definition) is 1. The van der Waals surface area contributed by atoms with E-state index in [4.69, 9.17) is 16.3 Å². The Morgan fingerprint density at radius 3 is 3.06 bits per heavy atom. The fourth-order valence-corrected chi connectivity index (χ4v) is 2.27. The molecule has 1 aromatic carbocycles. The van der Waals surface area contributed by atoms with Crippen LogP contribution in [0.5, 0.6) is 5.75 Å². The van der Waals surface area contributed by atoms with Crippen molar-refractivity contribution in [3.8, 4) is 5.75 Å². The minimum atomic E-state index is 0.104. The first-order valence-corrected chi connectivity index (χ1v) is 5.57. The maximum atomic E-state index is 9.75. The summed E-state index contributed by atoms with van der Waals surface area (Å²) < 4.78 is 5.60. The zero-order valence-corrected chi connectivity index (χ0v) is 9.24. The van der Waals surface area contributed by atoms with Crippen LogP contribution in [-0.2, 0) is 4.74 Å². The zero-order chi connectivity index (χ0) is 11.1. The van der Waals surface area contributed by atoms with E-state index in [1.54, 1.807) is 18.2 Å². The first-order valence-electron chi connectivity index (χ1n) is 5.19. The summed E-state index contributed by atoms with van der Waals surface area (Å²) in [5.41, 5.74) is 0.486. The smallest absolute Gasteiger partial charge is 0.227 e. The van der Waals surface area contributed by atoms with Crippen LogP contribution >= 0.6 is 11.6 Å². The Hall–Kier alpha value is -1.48. The third kappa shape index (κ3) is 1.39. The van der Waals surface area contributed by atoms with E-state index in [-0.39, 0.29) is 11.8 Å². The van der Waals surface area contributed by atoms with Crippen LogP contribution in [0.15, 0.2) is 35.0 Å². The van der Waals surface area contributed by atoms with Crippen LogP contribution in [0.1, 0.15) is 18.4 Å². The third-order valence-corrected chi connectivity index (χ3v) is 3.12. The van der Waals surface area contributed by atoms with Crippen molar-refractivity contribution in [2.75, 3.05) is 0 Å². The molecule has 16 heavy (non-hydrogen) atoms. The number of ether oxygens (including phenoxy) is 1. The van der Waals surface area contributed by atoms with Gasteiger partial charge in [-0.3, -0.25) is 0 Å². The Bertz CT molecular complexity index is 487. The van der Waals surface area contributed by atoms with Gasteiger partial charge in [0.1, 0.15) is 17.6 Å². The van der Waals surface area contributed by atoms with Crippen molar-refractivity contribution in [3.63, 3.8) is 0 Å². The van der Waals surface area contributed by atoms with E-state index >= 15 is 0 Å². The molecule has 1 heterocycles. The van der Waals surface area contributed by atoms with Crippen molar-refractivity contribution < 1.29 is 9.84 Å². The van der Waals surface area contributed by atoms with Gasteiger partial charge in [-0.25, -0.2) is 4.99 Å². The number of aromatic hydroxyl groups is 1. The van der Waals surface area contributed by atoms with Crippen LogP contribution in [0.25, 0.3) is 0 Å². The normalized spacial score (nSPS) is 22.4. The van der Waals surface area contributed by atoms with Crippen molar-refractivity contribution in [3.05, 3.63) is 40.6 Å². The van der Waals surface area contributed by atoms with E-state index in [9.17, 15) is 5.11 Å². The highest BCUT2D eigenvalue weighted by Crippen LogP contribution is 2.34. The van der Waals surface area contributed by atoms with E-state index in [2.05, 4.69) is 4.99 Å². The SMILES string of the molecule is Oc1cccc(Cl)c1C1=NC2CCC=C2O1. The number of fused-ring (bicyclic) bond motifs is 1. The molecule has 0 fully saturated rings. The summed E-state index contributed by atoms with van der Waals surface area (Å²) >= 11 is 6.03. The second-order valence-corrected chi connectivity index (χ2v) is 4.28. The number of halogens is 1. The second kappa shape index (κ2) is 3.52. The molecule has 1 atom stereocenters. The predicted octanol–water partition coefficient (Wildman–Crippen LogP) is 2.87. The van der Waals surface area contributed by atoms with Gasteiger partial charge in [-0.2, -0.15) is 0 Å². The number of phenols is 1. The minimum absolute atomic E-state index is 0.104. The fraction of sp³-hybridized carbons (Fsp3) is 0.250. The summed E-state index contributed by atoms with van der Waals surface area (Å²) in [6.45, 7) is 0. The highest BCUT2D eigenvalue weighted by molar-refractivity contribution is 6.34. The van der Waals surface area contributed by atoms with Crippen molar-refractivity contribution in [1.29, 1.82) is 0 Å². The van der Waals surface area contributed by atoms with Gasteiger partial charge in [-0.15, -0.1) is 0 Å². The molecule has 0 aromatic heterocycles. The Morgan fingerprint density at radius 2 is 2.31 bits per heavy atom. The lowest BCUT2D eigenvalue weighted by Gasteiger charge is -2.06. The number of hydrogen-bond acceptors (Lipinski definition) is 3. The lowest BCUT2D eigenvalue weighted by molar-refractivity contribution is 0.418. The predicted molar refractivity (Wildman–Crippen MR) is 61.8 cm³/mol. The van der Waals surface area contributed by atoms with Gasteiger partial charge in [-0.05, 0) is 31.1 Å². The summed E-state index contributed by atoms with van der Waals surface area (Å²) in [4.78, 5) is 4.42. The first-order chi connectivity index (χ1) is 7.75. The molecule has 0 saturated heterocycles. The first kappa shape index (κ1) is 9.73. The molecule has 1 aliphatic heterocycles. The molecule has 0 radical (unpaired) electrons. The Kier molecular flexibility index (Phi) is 2.14. The van der Waals surface area contributed by atoms with Crippen LogP contribution < -0.4 is 0 Å². The lowest BCUT2D eigenvalue weighted by Crippen LogP contribution is -2.01. The van der Waals surface area contributed by atoms with Gasteiger partial charge in [0, 0.05) is 0 Å². The highest BCUT2D eigenvalue weighted by atomic mass is 35.5. The monoisotopic (exact) mass is 235 g/mol. The van der Waals surface area contributed by atoms with Gasteiger partial charge in [0.25, 0.3) is 0 Å². The molecule has 1 aromatic rings. The fourth-order valence-electron chi connectivity index (χ4n) is 2.02. The number of phenolic OH excluding ortho intramolecular Hbond substituents is 1. The molecule has 0 amide bonds. The average Bonchev–Trinajstić information content (AvgIpc) is 2.77. The van der Waals surface area contributed by atoms with Gasteiger partial charge < -0.3 is 9.84 Å². The lowest BCUT2D eigenvalue weighted by atomic mass is 10.2. The van der Waals surface area contributed by atoms with Crippen molar-refractivity contribution in [2.24, 2.45) is 4.99 Å². The second-order valence-electron chi connectivity index (χ2n) is 3.87. The van der Waals surface area contributed by atoms with Crippen LogP contribution in [0, 0.1) is 0 Å². The van der Waals surface area contributed by atoms with Crippen LogP contribution in [0.2, 0.25) is 5.02 Å². The van der Waals surface area contributed by atoms with E-state index < -0.39 is 0 Å². The van der Waals surface area contributed by atoms with Gasteiger partial charge >= 0.3 is 0 Å². The van der Waals surface area contributed by atoms with E-state index in [1.165, 1.54) is 0 Å². The molecule has 82 valence electrons. The molecule has 2 aliphatic rings. The molecule has 1 N–H and O–H groups in total. The molecule has 3 nitrogen and oxygen atoms in total. The molecule has 1 aliphatic carbocycles. The van der Waals surface area contributed by atoms with Crippen LogP contribution in [-0.4, -0.2) is 17.0 Å². The van der Waals surface area contributed by atoms with Crippen molar-refractivity contribution in [1.82, 2.24) is 0 Å². The third-order valence-electron chi connectivity index (χ3n) is 2.81. The van der Waals surface area contributed by atoms with Gasteiger partial charge in [0.05, 0.1) is 10.6 Å². The number of aliphatic imine (C=N–C) groups is 1. The zero-order valence-electron chi connectivity index (χ0n) is 8.48. The highest BCUT2D eigenvalue weighted by Gasteiger charge is 2.31. The number of allylic oxidation sites excluding steroid dienone is 1. The molecule has 4 heteroatoms. The number of rotatable bonds is 1. The van der Waals surface area contributed by atoms with E-state index in [0.29, 0.717) is 16.5 Å². The van der Waals surface area contributed by atoms with E-state index in [0.717, 1.165) is 18.6 Å². The Morgan fingerprint density at radius 1 is 1.44 bits per heavy atom. The maximum absolute atomic E-state index is 9.75. The quantitative estimate of drug-likeness (QED) is 0.813. The van der Waals surface area contributed by atoms with Gasteiger partial charge in [0.15, 0.2) is 0 Å². The van der Waals surface area contributed by atoms with E-state index in [1.807, 2.05) is 6.08 Å². The largest absolute Gasteiger partial charge is 0.507 e. The summed E-state index contributed by atoms with van der Waals surface area (Å²) in [5, 5.41) is 10.2. The average molecular weight is 236 g/mol. The van der Waals surface area contributed by atoms with Crippen molar-refractivity contribution >= 4 is 17.5 Å². The topological polar surface area (TPSA) is 41.8 Å². The Balaban J connectivity index is 2.03. The molecule has 3 rings (SSSR count). The number of nitrogens with zero attached hydrogens (tertiary/aromatic N) is 1.